The highest BCUT2D eigenvalue weighted by Gasteiger charge is 2.38. The predicted octanol–water partition coefficient (Wildman–Crippen LogP) is 3.38. The number of nitrogens with zero attached hydrogens (tertiary/aromatic N) is 4. The number of methoxy groups -OCH3 is 1. The Bertz CT molecular complexity index is 1850. The van der Waals surface area contributed by atoms with Gasteiger partial charge < -0.3 is 25.2 Å². The minimum Gasteiger partial charge on any atom is -0.480 e. The van der Waals surface area contributed by atoms with Gasteiger partial charge in [0.25, 0.3) is 10.0 Å². The summed E-state index contributed by atoms with van der Waals surface area (Å²) >= 11 is 0. The van der Waals surface area contributed by atoms with Crippen LogP contribution in [0.25, 0.3) is 22.0 Å². The van der Waals surface area contributed by atoms with Crippen LogP contribution < -0.4 is 19.7 Å². The van der Waals surface area contributed by atoms with E-state index in [0.29, 0.717) is 11.6 Å². The molecule has 1 aliphatic heterocycles. The number of aliphatic carboxylic acids is 1. The van der Waals surface area contributed by atoms with Gasteiger partial charge in [0.1, 0.15) is 28.5 Å². The molecule has 238 valence electrons. The molecular weight excluding hydrogens is 628 g/mol. The fourth-order valence-electron chi connectivity index (χ4n) is 4.25. The van der Waals surface area contributed by atoms with Gasteiger partial charge in [0.05, 0.1) is 18.2 Å². The molecule has 0 radical (unpaired) electrons. The predicted molar refractivity (Wildman–Crippen MR) is 152 cm³/mol. The average molecular weight is 653 g/mol. The summed E-state index contributed by atoms with van der Waals surface area (Å²) in [5, 5.41) is 20.3. The first-order chi connectivity index (χ1) is 21.2. The number of piperazine rings is 1. The van der Waals surface area contributed by atoms with Crippen LogP contribution in [-0.4, -0.2) is 85.0 Å². The van der Waals surface area contributed by atoms with E-state index in [-0.39, 0.29) is 17.1 Å². The number of nitrogens with one attached hydrogen (secondary N) is 2. The van der Waals surface area contributed by atoms with Crippen molar-refractivity contribution in [2.75, 3.05) is 42.9 Å². The fraction of sp³-hybridized carbons (Fsp3) is 0.222. The molecule has 0 bridgehead atoms. The topological polar surface area (TPSA) is 184 Å². The smallest absolute Gasteiger partial charge is 0.480 e. The summed E-state index contributed by atoms with van der Waals surface area (Å²) in [4.78, 5) is 34.6. The first kappa shape index (κ1) is 32.8. The molecule has 2 aromatic carbocycles. The summed E-state index contributed by atoms with van der Waals surface area (Å²) in [7, 11) is -3.12. The van der Waals surface area contributed by atoms with Gasteiger partial charge in [0.2, 0.25) is 5.88 Å². The second-order valence-corrected chi connectivity index (χ2v) is 11.0. The quantitative estimate of drug-likeness (QED) is 0.214. The van der Waals surface area contributed by atoms with Crippen LogP contribution in [0.1, 0.15) is 10.4 Å². The molecule has 1 fully saturated rings. The van der Waals surface area contributed by atoms with Crippen LogP contribution in [-0.2, 0) is 14.8 Å². The van der Waals surface area contributed by atoms with Crippen LogP contribution in [0, 0.1) is 5.82 Å². The molecule has 3 heterocycles. The van der Waals surface area contributed by atoms with Crippen molar-refractivity contribution in [2.45, 2.75) is 11.1 Å². The fourth-order valence-corrected chi connectivity index (χ4v) is 5.36. The zero-order valence-corrected chi connectivity index (χ0v) is 24.0. The number of sulfonamides is 1. The van der Waals surface area contributed by atoms with Gasteiger partial charge in [-0.1, -0.05) is 6.07 Å². The summed E-state index contributed by atoms with van der Waals surface area (Å²) in [6.07, 6.45) is -2.02. The highest BCUT2D eigenvalue weighted by molar-refractivity contribution is 7.92. The Morgan fingerprint density at radius 3 is 2.29 bits per heavy atom. The van der Waals surface area contributed by atoms with Gasteiger partial charge in [-0.25, -0.2) is 37.3 Å². The third-order valence-corrected chi connectivity index (χ3v) is 7.76. The molecular formula is C27H24F4N6O7S. The number of hydrogen-bond acceptors (Lipinski definition) is 10. The van der Waals surface area contributed by atoms with Crippen molar-refractivity contribution < 1.29 is 50.5 Å². The Balaban J connectivity index is 0.000000591. The highest BCUT2D eigenvalue weighted by Crippen LogP contribution is 2.33. The molecule has 4 aromatic rings. The lowest BCUT2D eigenvalue weighted by Gasteiger charge is -2.29. The summed E-state index contributed by atoms with van der Waals surface area (Å²) in [6.45, 7) is 3.29. The second-order valence-electron chi connectivity index (χ2n) is 9.31. The molecule has 0 spiro atoms. The Kier molecular flexibility index (Phi) is 9.67. The monoisotopic (exact) mass is 652 g/mol. The number of rotatable bonds is 7. The van der Waals surface area contributed by atoms with Gasteiger partial charge in [-0.2, -0.15) is 13.2 Å². The molecule has 2 aromatic heterocycles. The number of alkyl halides is 3. The first-order valence-electron chi connectivity index (χ1n) is 12.8. The largest absolute Gasteiger partial charge is 0.490 e. The van der Waals surface area contributed by atoms with Gasteiger partial charge in [0, 0.05) is 43.3 Å². The summed E-state index contributed by atoms with van der Waals surface area (Å²) in [5.41, 5.74) is 1.68. The number of pyridine rings is 1. The molecule has 0 amide bonds. The van der Waals surface area contributed by atoms with Gasteiger partial charge in [-0.05, 0) is 42.0 Å². The van der Waals surface area contributed by atoms with Gasteiger partial charge in [-0.15, -0.1) is 0 Å². The van der Waals surface area contributed by atoms with E-state index < -0.39 is 38.9 Å². The minimum absolute atomic E-state index is 0.0153. The lowest BCUT2D eigenvalue weighted by atomic mass is 10.0. The first-order valence-corrected chi connectivity index (χ1v) is 14.3. The minimum atomic E-state index is -5.08. The number of carboxylic acids is 2. The number of ether oxygens (including phenoxy) is 1. The van der Waals surface area contributed by atoms with E-state index in [4.69, 9.17) is 19.7 Å². The number of hydrogen-bond donors (Lipinski definition) is 4. The van der Waals surface area contributed by atoms with Gasteiger partial charge >= 0.3 is 18.1 Å². The lowest BCUT2D eigenvalue weighted by Crippen LogP contribution is -2.44. The van der Waals surface area contributed by atoms with E-state index in [0.717, 1.165) is 60.6 Å². The van der Waals surface area contributed by atoms with Crippen molar-refractivity contribution in [3.63, 3.8) is 0 Å². The summed E-state index contributed by atoms with van der Waals surface area (Å²) in [5.74, 6) is -4.55. The van der Waals surface area contributed by atoms with Crippen LogP contribution in [0.15, 0.2) is 59.9 Å². The summed E-state index contributed by atoms with van der Waals surface area (Å²) < 4.78 is 79.8. The number of benzene rings is 2. The van der Waals surface area contributed by atoms with Gasteiger partial charge in [0.15, 0.2) is 0 Å². The molecule has 18 heteroatoms. The van der Waals surface area contributed by atoms with Crippen molar-refractivity contribution in [1.29, 1.82) is 0 Å². The second kappa shape index (κ2) is 13.3. The van der Waals surface area contributed by atoms with Crippen molar-refractivity contribution >= 4 is 44.4 Å². The Labute approximate surface area is 252 Å². The third kappa shape index (κ3) is 7.71. The van der Waals surface area contributed by atoms with Crippen molar-refractivity contribution in [1.82, 2.24) is 20.3 Å². The number of carbonyl (C=O) groups is 2. The van der Waals surface area contributed by atoms with E-state index in [1.54, 1.807) is 0 Å². The number of aromatic nitrogens is 3. The maximum absolute atomic E-state index is 14.5. The molecule has 0 atom stereocenters. The van der Waals surface area contributed by atoms with Gasteiger partial charge in [-0.3, -0.25) is 4.72 Å². The van der Waals surface area contributed by atoms with E-state index in [1.165, 1.54) is 25.7 Å². The molecule has 45 heavy (non-hydrogen) atoms. The molecule has 4 N–H and O–H groups in total. The van der Waals surface area contributed by atoms with Crippen LogP contribution in [0.2, 0.25) is 0 Å². The maximum atomic E-state index is 14.5. The van der Waals surface area contributed by atoms with E-state index in [2.05, 4.69) is 29.9 Å². The van der Waals surface area contributed by atoms with Crippen LogP contribution in [0.5, 0.6) is 5.88 Å². The average Bonchev–Trinajstić information content (AvgIpc) is 3.00. The molecule has 13 nitrogen and oxygen atoms in total. The lowest BCUT2D eigenvalue weighted by molar-refractivity contribution is -0.192. The molecule has 5 rings (SSSR count). The Hall–Kier alpha value is -5.10. The molecule has 1 saturated heterocycles. The van der Waals surface area contributed by atoms with E-state index in [9.17, 15) is 30.8 Å². The molecule has 0 unspecified atom stereocenters. The normalized spacial score (nSPS) is 13.5. The van der Waals surface area contributed by atoms with E-state index >= 15 is 0 Å². The number of carboxylic acid groups (broad SMARTS) is 2. The van der Waals surface area contributed by atoms with Crippen molar-refractivity contribution in [2.24, 2.45) is 0 Å². The number of fused-ring (bicyclic) bond motifs is 1. The van der Waals surface area contributed by atoms with E-state index in [1.807, 2.05) is 18.2 Å². The molecule has 0 saturated carbocycles. The molecule has 1 aliphatic rings. The zero-order valence-electron chi connectivity index (χ0n) is 23.2. The van der Waals surface area contributed by atoms with Crippen molar-refractivity contribution in [3.8, 4) is 17.0 Å². The standard InChI is InChI=1S/C25H23FN6O5S.C2HF3O2/c1-37-24-21(31-38(35,36)22-5-3-16(25(33)34)11-19(22)26)12-17(13-28-24)15-2-4-20-18(10-15)23(30-14-29-20)32-8-6-27-7-9-32;3-2(4,5)1(6)7/h2-5,10-14,27,31H,6-9H2,1H3,(H,33,34);(H,6,7). The maximum Gasteiger partial charge on any atom is 0.490 e. The van der Waals surface area contributed by atoms with Crippen LogP contribution in [0.4, 0.5) is 29.1 Å². The highest BCUT2D eigenvalue weighted by atomic mass is 32.2. The number of aromatic carboxylic acids is 1. The number of anilines is 2. The third-order valence-electron chi connectivity index (χ3n) is 6.36. The Morgan fingerprint density at radius 1 is 1.00 bits per heavy atom. The van der Waals surface area contributed by atoms with Crippen LogP contribution in [0.3, 0.4) is 0 Å². The SMILES string of the molecule is COc1ncc(-c2ccc3ncnc(N4CCNCC4)c3c2)cc1NS(=O)(=O)c1ccc(C(=O)O)cc1F.O=C(O)C(F)(F)F. The summed E-state index contributed by atoms with van der Waals surface area (Å²) in [6, 6.07) is 9.69. The van der Waals surface area contributed by atoms with Crippen LogP contribution >= 0.6 is 0 Å². The zero-order chi connectivity index (χ0) is 32.9. The molecule has 0 aliphatic carbocycles. The van der Waals surface area contributed by atoms with Crippen molar-refractivity contribution in [3.05, 3.63) is 66.4 Å². The Morgan fingerprint density at radius 2 is 1.69 bits per heavy atom. The number of halogens is 4.